The minimum atomic E-state index is 0.593. The molecule has 1 heterocycles. The van der Waals surface area contributed by atoms with Crippen molar-refractivity contribution in [1.82, 2.24) is 5.32 Å². The lowest BCUT2D eigenvalue weighted by atomic mass is 10.1. The van der Waals surface area contributed by atoms with Gasteiger partial charge in [-0.1, -0.05) is 18.6 Å². The molecule has 1 aliphatic rings. The zero-order valence-corrected chi connectivity index (χ0v) is 6.44. The van der Waals surface area contributed by atoms with E-state index in [4.69, 9.17) is 0 Å². The van der Waals surface area contributed by atoms with Crippen LogP contribution in [0.5, 0.6) is 0 Å². The van der Waals surface area contributed by atoms with E-state index >= 15 is 0 Å². The first-order valence-electron chi connectivity index (χ1n) is 3.70. The molecule has 1 N–H and O–H groups in total. The van der Waals surface area contributed by atoms with E-state index < -0.39 is 0 Å². The first-order chi connectivity index (χ1) is 4.24. The van der Waals surface area contributed by atoms with Crippen molar-refractivity contribution in [1.29, 1.82) is 0 Å². The fourth-order valence-electron chi connectivity index (χ4n) is 1.44. The average Bonchev–Trinajstić information content (AvgIpc) is 2.10. The Bertz CT molecular complexity index is 127. The summed E-state index contributed by atoms with van der Waals surface area (Å²) >= 11 is 0. The lowest BCUT2D eigenvalue weighted by Crippen LogP contribution is -2.26. The van der Waals surface area contributed by atoms with Gasteiger partial charge < -0.3 is 5.32 Å². The van der Waals surface area contributed by atoms with Gasteiger partial charge in [-0.15, -0.1) is 0 Å². The number of hydrogen-bond donors (Lipinski definition) is 1. The van der Waals surface area contributed by atoms with Crippen LogP contribution in [0, 0.1) is 0 Å². The molecule has 2 unspecified atom stereocenters. The predicted octanol–water partition coefficient (Wildman–Crippen LogP) is 1.70. The van der Waals surface area contributed by atoms with Crippen molar-refractivity contribution in [2.75, 3.05) is 0 Å². The van der Waals surface area contributed by atoms with Crippen LogP contribution < -0.4 is 5.32 Å². The molecule has 0 saturated heterocycles. The van der Waals surface area contributed by atoms with Crippen molar-refractivity contribution in [3.05, 3.63) is 11.6 Å². The topological polar surface area (TPSA) is 12.0 Å². The summed E-state index contributed by atoms with van der Waals surface area (Å²) in [5, 5.41) is 3.43. The second-order valence-corrected chi connectivity index (χ2v) is 2.77. The Labute approximate surface area is 57.1 Å². The van der Waals surface area contributed by atoms with Crippen LogP contribution in [0.15, 0.2) is 11.6 Å². The first-order valence-corrected chi connectivity index (χ1v) is 3.70. The molecule has 0 radical (unpaired) electrons. The SMILES string of the molecule is CCC1=CC(C)NC1C. The van der Waals surface area contributed by atoms with E-state index in [1.54, 1.807) is 5.57 Å². The number of rotatable bonds is 1. The van der Waals surface area contributed by atoms with Crippen LogP contribution in [0.1, 0.15) is 27.2 Å². The van der Waals surface area contributed by atoms with Gasteiger partial charge in [0, 0.05) is 12.1 Å². The highest BCUT2D eigenvalue weighted by molar-refractivity contribution is 5.18. The van der Waals surface area contributed by atoms with Crippen LogP contribution in [0.2, 0.25) is 0 Å². The third-order valence-corrected chi connectivity index (χ3v) is 1.94. The summed E-state index contributed by atoms with van der Waals surface area (Å²) in [6.45, 7) is 6.63. The van der Waals surface area contributed by atoms with Gasteiger partial charge in [-0.25, -0.2) is 0 Å². The Kier molecular flexibility index (Phi) is 1.91. The van der Waals surface area contributed by atoms with Crippen molar-refractivity contribution in [2.45, 2.75) is 39.3 Å². The Hall–Kier alpha value is -0.300. The fraction of sp³-hybridized carbons (Fsp3) is 0.750. The summed E-state index contributed by atoms with van der Waals surface area (Å²) in [6.07, 6.45) is 3.52. The highest BCUT2D eigenvalue weighted by atomic mass is 15.0. The van der Waals surface area contributed by atoms with E-state index in [-0.39, 0.29) is 0 Å². The van der Waals surface area contributed by atoms with E-state index in [0.29, 0.717) is 12.1 Å². The molecule has 1 heteroatoms. The molecule has 0 aromatic heterocycles. The highest BCUT2D eigenvalue weighted by Gasteiger charge is 2.15. The van der Waals surface area contributed by atoms with Crippen LogP contribution in [0.25, 0.3) is 0 Å². The van der Waals surface area contributed by atoms with Gasteiger partial charge in [-0.05, 0) is 20.3 Å². The largest absolute Gasteiger partial charge is 0.305 e. The number of hydrogen-bond acceptors (Lipinski definition) is 1. The molecule has 1 rings (SSSR count). The second-order valence-electron chi connectivity index (χ2n) is 2.77. The maximum Gasteiger partial charge on any atom is 0.0256 e. The minimum Gasteiger partial charge on any atom is -0.305 e. The first kappa shape index (κ1) is 6.81. The second kappa shape index (κ2) is 2.53. The summed E-state index contributed by atoms with van der Waals surface area (Å²) in [5.41, 5.74) is 1.56. The normalized spacial score (nSPS) is 34.8. The lowest BCUT2D eigenvalue weighted by Gasteiger charge is -2.07. The molecule has 0 fully saturated rings. The van der Waals surface area contributed by atoms with Crippen LogP contribution in [-0.4, -0.2) is 12.1 Å². The predicted molar refractivity (Wildman–Crippen MR) is 40.4 cm³/mol. The van der Waals surface area contributed by atoms with Crippen LogP contribution in [0.4, 0.5) is 0 Å². The summed E-state index contributed by atoms with van der Waals surface area (Å²) in [4.78, 5) is 0. The summed E-state index contributed by atoms with van der Waals surface area (Å²) in [7, 11) is 0. The zero-order chi connectivity index (χ0) is 6.85. The van der Waals surface area contributed by atoms with Gasteiger partial charge in [0.25, 0.3) is 0 Å². The van der Waals surface area contributed by atoms with Gasteiger partial charge in [0.2, 0.25) is 0 Å². The van der Waals surface area contributed by atoms with Crippen molar-refractivity contribution in [3.8, 4) is 0 Å². The third kappa shape index (κ3) is 1.33. The van der Waals surface area contributed by atoms with Crippen molar-refractivity contribution >= 4 is 0 Å². The van der Waals surface area contributed by atoms with E-state index in [0.717, 1.165) is 0 Å². The molecule has 52 valence electrons. The Morgan fingerprint density at radius 1 is 1.56 bits per heavy atom. The fourth-order valence-corrected chi connectivity index (χ4v) is 1.44. The van der Waals surface area contributed by atoms with Gasteiger partial charge in [-0.2, -0.15) is 0 Å². The molecule has 2 atom stereocenters. The molecule has 0 spiro atoms. The molecule has 1 aliphatic heterocycles. The maximum atomic E-state index is 3.43. The maximum absolute atomic E-state index is 3.43. The smallest absolute Gasteiger partial charge is 0.0256 e. The van der Waals surface area contributed by atoms with Gasteiger partial charge >= 0.3 is 0 Å². The van der Waals surface area contributed by atoms with Gasteiger partial charge in [-0.3, -0.25) is 0 Å². The molecule has 9 heavy (non-hydrogen) atoms. The van der Waals surface area contributed by atoms with Gasteiger partial charge in [0.1, 0.15) is 0 Å². The van der Waals surface area contributed by atoms with Gasteiger partial charge in [0.05, 0.1) is 0 Å². The quantitative estimate of drug-likeness (QED) is 0.526. The zero-order valence-electron chi connectivity index (χ0n) is 6.44. The standard InChI is InChI=1S/C8H15N/c1-4-8-5-6(2)9-7(8)3/h5-7,9H,4H2,1-3H3. The van der Waals surface area contributed by atoms with Gasteiger partial charge in [0.15, 0.2) is 0 Å². The van der Waals surface area contributed by atoms with Crippen LogP contribution >= 0.6 is 0 Å². The van der Waals surface area contributed by atoms with E-state index in [9.17, 15) is 0 Å². The number of nitrogens with one attached hydrogen (secondary N) is 1. The molecular formula is C8H15N. The Morgan fingerprint density at radius 3 is 2.44 bits per heavy atom. The summed E-state index contributed by atoms with van der Waals surface area (Å²) in [5.74, 6) is 0. The average molecular weight is 125 g/mol. The molecule has 0 aromatic rings. The van der Waals surface area contributed by atoms with Crippen molar-refractivity contribution in [2.24, 2.45) is 0 Å². The molecular weight excluding hydrogens is 110 g/mol. The summed E-state index contributed by atoms with van der Waals surface area (Å²) in [6, 6.07) is 1.21. The van der Waals surface area contributed by atoms with Crippen LogP contribution in [0.3, 0.4) is 0 Å². The molecule has 0 aliphatic carbocycles. The third-order valence-electron chi connectivity index (χ3n) is 1.94. The molecule has 0 bridgehead atoms. The molecule has 0 amide bonds. The van der Waals surface area contributed by atoms with E-state index in [2.05, 4.69) is 32.2 Å². The van der Waals surface area contributed by atoms with E-state index in [1.165, 1.54) is 6.42 Å². The Morgan fingerprint density at radius 2 is 2.22 bits per heavy atom. The Balaban J connectivity index is 2.57. The van der Waals surface area contributed by atoms with Crippen molar-refractivity contribution < 1.29 is 0 Å². The summed E-state index contributed by atoms with van der Waals surface area (Å²) < 4.78 is 0. The molecule has 0 saturated carbocycles. The van der Waals surface area contributed by atoms with Crippen LogP contribution in [-0.2, 0) is 0 Å². The molecule has 1 nitrogen and oxygen atoms in total. The van der Waals surface area contributed by atoms with Crippen molar-refractivity contribution in [3.63, 3.8) is 0 Å². The molecule has 0 aromatic carbocycles. The lowest BCUT2D eigenvalue weighted by molar-refractivity contribution is 0.608. The minimum absolute atomic E-state index is 0.593. The monoisotopic (exact) mass is 125 g/mol. The van der Waals surface area contributed by atoms with E-state index in [1.807, 2.05) is 0 Å². The highest BCUT2D eigenvalue weighted by Crippen LogP contribution is 2.14.